The van der Waals surface area contributed by atoms with Gasteiger partial charge < -0.3 is 20.0 Å². The van der Waals surface area contributed by atoms with Crippen molar-refractivity contribution < 1.29 is 24.3 Å². The third kappa shape index (κ3) is 13.2. The van der Waals surface area contributed by atoms with E-state index >= 15 is 0 Å². The van der Waals surface area contributed by atoms with Crippen LogP contribution in [-0.4, -0.2) is 56.4 Å². The van der Waals surface area contributed by atoms with Gasteiger partial charge >= 0.3 is 0 Å². The van der Waals surface area contributed by atoms with Crippen LogP contribution in [0.15, 0.2) is 0 Å². The Bertz CT molecular complexity index is 248. The van der Waals surface area contributed by atoms with Gasteiger partial charge in [0.15, 0.2) is 0 Å². The molecule has 0 atom stereocenters. The fourth-order valence-electron chi connectivity index (χ4n) is 1.26. The molecular weight excluding hydrogens is 252 g/mol. The van der Waals surface area contributed by atoms with Gasteiger partial charge in [0.25, 0.3) is 0 Å². The predicted molar refractivity (Wildman–Crippen MR) is 69.0 cm³/mol. The maximum atomic E-state index is 11.0. The minimum absolute atomic E-state index is 0.0156. The number of amides is 1. The van der Waals surface area contributed by atoms with Crippen molar-refractivity contribution in [2.45, 2.75) is 26.2 Å². The molecule has 0 aliphatic rings. The SMILES string of the molecule is CCC(=O)NCCOCCOCCCC(=O)CNO. The van der Waals surface area contributed by atoms with Crippen molar-refractivity contribution in [3.05, 3.63) is 0 Å². The highest BCUT2D eigenvalue weighted by Gasteiger charge is 2.00. The molecule has 0 aliphatic heterocycles. The van der Waals surface area contributed by atoms with E-state index in [2.05, 4.69) is 5.32 Å². The number of hydrogen-bond acceptors (Lipinski definition) is 6. The second-order valence-corrected chi connectivity index (χ2v) is 3.91. The number of hydroxylamine groups is 1. The minimum Gasteiger partial charge on any atom is -0.379 e. The Morgan fingerprint density at radius 3 is 2.42 bits per heavy atom. The van der Waals surface area contributed by atoms with Crippen LogP contribution in [0.5, 0.6) is 0 Å². The number of ether oxygens (including phenoxy) is 2. The lowest BCUT2D eigenvalue weighted by Crippen LogP contribution is -2.26. The summed E-state index contributed by atoms with van der Waals surface area (Å²) in [5.41, 5.74) is 1.82. The maximum absolute atomic E-state index is 11.0. The molecule has 0 fully saturated rings. The number of nitrogens with one attached hydrogen (secondary N) is 2. The van der Waals surface area contributed by atoms with Crippen LogP contribution in [0, 0.1) is 0 Å². The Kier molecular flexibility index (Phi) is 12.7. The highest BCUT2D eigenvalue weighted by Crippen LogP contribution is 1.91. The summed E-state index contributed by atoms with van der Waals surface area (Å²) < 4.78 is 10.5. The summed E-state index contributed by atoms with van der Waals surface area (Å²) in [6.45, 7) is 4.18. The lowest BCUT2D eigenvalue weighted by atomic mass is 10.2. The van der Waals surface area contributed by atoms with Crippen molar-refractivity contribution in [2.75, 3.05) is 39.5 Å². The van der Waals surface area contributed by atoms with Gasteiger partial charge in [0.1, 0.15) is 5.78 Å². The minimum atomic E-state index is -0.0472. The van der Waals surface area contributed by atoms with Crippen LogP contribution in [0.2, 0.25) is 0 Å². The van der Waals surface area contributed by atoms with Crippen molar-refractivity contribution in [3.8, 4) is 0 Å². The Labute approximate surface area is 113 Å². The summed E-state index contributed by atoms with van der Waals surface area (Å²) in [4.78, 5) is 21.9. The highest BCUT2D eigenvalue weighted by atomic mass is 16.5. The van der Waals surface area contributed by atoms with Crippen molar-refractivity contribution in [2.24, 2.45) is 0 Å². The molecule has 0 saturated heterocycles. The number of Topliss-reactive ketones (excluding diaryl/α,β-unsaturated/α-hetero) is 1. The first-order valence-electron chi connectivity index (χ1n) is 6.51. The molecule has 19 heavy (non-hydrogen) atoms. The fourth-order valence-corrected chi connectivity index (χ4v) is 1.26. The van der Waals surface area contributed by atoms with Crippen molar-refractivity contribution in [3.63, 3.8) is 0 Å². The van der Waals surface area contributed by atoms with Crippen LogP contribution in [0.3, 0.4) is 0 Å². The molecule has 0 bridgehead atoms. The smallest absolute Gasteiger partial charge is 0.219 e. The van der Waals surface area contributed by atoms with Gasteiger partial charge in [0, 0.05) is 26.0 Å². The quantitative estimate of drug-likeness (QED) is 0.320. The van der Waals surface area contributed by atoms with Crippen molar-refractivity contribution in [1.29, 1.82) is 0 Å². The molecule has 0 rings (SSSR count). The number of hydrogen-bond donors (Lipinski definition) is 3. The highest BCUT2D eigenvalue weighted by molar-refractivity contribution is 5.80. The molecule has 0 unspecified atom stereocenters. The topological polar surface area (TPSA) is 96.9 Å². The van der Waals surface area contributed by atoms with E-state index in [4.69, 9.17) is 14.7 Å². The van der Waals surface area contributed by atoms with E-state index in [1.165, 1.54) is 0 Å². The zero-order chi connectivity index (χ0) is 14.3. The molecule has 0 aromatic carbocycles. The molecule has 0 aliphatic carbocycles. The summed E-state index contributed by atoms with van der Waals surface area (Å²) in [7, 11) is 0. The van der Waals surface area contributed by atoms with Crippen LogP contribution in [0.25, 0.3) is 0 Å². The van der Waals surface area contributed by atoms with Gasteiger partial charge in [-0.25, -0.2) is 0 Å². The monoisotopic (exact) mass is 276 g/mol. The number of ketones is 1. The second-order valence-electron chi connectivity index (χ2n) is 3.91. The first kappa shape index (κ1) is 18.0. The lowest BCUT2D eigenvalue weighted by molar-refractivity contribution is -0.121. The van der Waals surface area contributed by atoms with E-state index in [0.717, 1.165) is 0 Å². The molecule has 7 heteroatoms. The second kappa shape index (κ2) is 13.4. The zero-order valence-electron chi connectivity index (χ0n) is 11.4. The van der Waals surface area contributed by atoms with Gasteiger partial charge in [0.2, 0.25) is 5.91 Å². The zero-order valence-corrected chi connectivity index (χ0v) is 11.4. The van der Waals surface area contributed by atoms with Crippen LogP contribution >= 0.6 is 0 Å². The van der Waals surface area contributed by atoms with E-state index < -0.39 is 0 Å². The van der Waals surface area contributed by atoms with Crippen molar-refractivity contribution >= 4 is 11.7 Å². The molecular formula is C12H24N2O5. The van der Waals surface area contributed by atoms with Crippen LogP contribution in [-0.2, 0) is 19.1 Å². The van der Waals surface area contributed by atoms with E-state index in [1.807, 2.05) is 5.48 Å². The Morgan fingerprint density at radius 1 is 1.11 bits per heavy atom. The van der Waals surface area contributed by atoms with Crippen molar-refractivity contribution in [1.82, 2.24) is 10.8 Å². The van der Waals surface area contributed by atoms with E-state index in [-0.39, 0.29) is 18.2 Å². The summed E-state index contributed by atoms with van der Waals surface area (Å²) >= 11 is 0. The average molecular weight is 276 g/mol. The molecule has 0 saturated carbocycles. The standard InChI is InChI=1S/C12H24N2O5/c1-2-12(16)13-5-7-19-9-8-18-6-3-4-11(15)10-14-17/h14,17H,2-10H2,1H3,(H,13,16). The van der Waals surface area contributed by atoms with Gasteiger partial charge in [-0.15, -0.1) is 0 Å². The molecule has 7 nitrogen and oxygen atoms in total. The largest absolute Gasteiger partial charge is 0.379 e. The number of carbonyl (C=O) groups excluding carboxylic acids is 2. The first-order valence-corrected chi connectivity index (χ1v) is 6.51. The molecule has 0 aromatic rings. The summed E-state index contributed by atoms with van der Waals surface area (Å²) in [6.07, 6.45) is 1.50. The summed E-state index contributed by atoms with van der Waals surface area (Å²) in [6, 6.07) is 0. The van der Waals surface area contributed by atoms with E-state index in [1.54, 1.807) is 6.92 Å². The van der Waals surface area contributed by atoms with E-state index in [9.17, 15) is 9.59 Å². The molecule has 1 amide bonds. The first-order chi connectivity index (χ1) is 9.20. The molecule has 0 spiro atoms. The Balaban J connectivity index is 3.11. The van der Waals surface area contributed by atoms with Crippen LogP contribution in [0.4, 0.5) is 0 Å². The third-order valence-corrected chi connectivity index (χ3v) is 2.28. The predicted octanol–water partition coefficient (Wildman–Crippen LogP) is -0.126. The number of carbonyl (C=O) groups is 2. The van der Waals surface area contributed by atoms with Crippen LogP contribution in [0.1, 0.15) is 26.2 Å². The molecule has 3 N–H and O–H groups in total. The molecule has 0 radical (unpaired) electrons. The van der Waals surface area contributed by atoms with Gasteiger partial charge in [-0.3, -0.25) is 9.59 Å². The maximum Gasteiger partial charge on any atom is 0.219 e. The third-order valence-electron chi connectivity index (χ3n) is 2.28. The Hall–Kier alpha value is -1.02. The average Bonchev–Trinajstić information content (AvgIpc) is 2.40. The molecule has 112 valence electrons. The molecule has 0 aromatic heterocycles. The summed E-state index contributed by atoms with van der Waals surface area (Å²) in [5.74, 6) is -0.0316. The number of rotatable bonds is 13. The van der Waals surface area contributed by atoms with Gasteiger partial charge in [-0.05, 0) is 6.42 Å². The van der Waals surface area contributed by atoms with Gasteiger partial charge in [-0.1, -0.05) is 6.92 Å². The van der Waals surface area contributed by atoms with Crippen LogP contribution < -0.4 is 10.8 Å². The summed E-state index contributed by atoms with van der Waals surface area (Å²) in [5, 5.41) is 11.0. The molecule has 0 heterocycles. The fraction of sp³-hybridized carbons (Fsp3) is 0.833. The van der Waals surface area contributed by atoms with Gasteiger partial charge in [-0.2, -0.15) is 5.48 Å². The normalized spacial score (nSPS) is 10.4. The van der Waals surface area contributed by atoms with Gasteiger partial charge in [0.05, 0.1) is 26.4 Å². The van der Waals surface area contributed by atoms with E-state index in [0.29, 0.717) is 52.2 Å². The lowest BCUT2D eigenvalue weighted by Gasteiger charge is -2.06. The Morgan fingerprint density at radius 2 is 1.79 bits per heavy atom.